The molecule has 1 aliphatic heterocycles. The summed E-state index contributed by atoms with van der Waals surface area (Å²) in [6, 6.07) is 14.0. The molecular formula is C22H25N3O2. The summed E-state index contributed by atoms with van der Waals surface area (Å²) >= 11 is 0. The Balaban J connectivity index is 1.49. The SMILES string of the molecule is Cc1cccc2c(CC(=O)Nc3cccc(C4(N)CCOCC4)c3)c[nH]c12. The topological polar surface area (TPSA) is 80.1 Å². The molecule has 0 radical (unpaired) electrons. The van der Waals surface area contributed by atoms with Crippen LogP contribution in [-0.4, -0.2) is 24.1 Å². The van der Waals surface area contributed by atoms with Gasteiger partial charge in [0.15, 0.2) is 0 Å². The number of nitrogens with one attached hydrogen (secondary N) is 2. The molecule has 2 heterocycles. The van der Waals surface area contributed by atoms with Crippen LogP contribution in [0.15, 0.2) is 48.7 Å². The van der Waals surface area contributed by atoms with Gasteiger partial charge in [-0.15, -0.1) is 0 Å². The van der Waals surface area contributed by atoms with Crippen molar-refractivity contribution in [2.75, 3.05) is 18.5 Å². The van der Waals surface area contributed by atoms with E-state index in [1.165, 1.54) is 5.56 Å². The summed E-state index contributed by atoms with van der Waals surface area (Å²) in [5, 5.41) is 4.12. The maximum Gasteiger partial charge on any atom is 0.228 e. The highest BCUT2D eigenvalue weighted by Crippen LogP contribution is 2.31. The van der Waals surface area contributed by atoms with Crippen molar-refractivity contribution in [3.63, 3.8) is 0 Å². The van der Waals surface area contributed by atoms with Crippen LogP contribution in [0, 0.1) is 6.92 Å². The third kappa shape index (κ3) is 3.61. The average molecular weight is 363 g/mol. The number of aromatic amines is 1. The monoisotopic (exact) mass is 363 g/mol. The Morgan fingerprint density at radius 3 is 2.81 bits per heavy atom. The number of fused-ring (bicyclic) bond motifs is 1. The smallest absolute Gasteiger partial charge is 0.228 e. The zero-order valence-corrected chi connectivity index (χ0v) is 15.5. The molecule has 0 atom stereocenters. The highest BCUT2D eigenvalue weighted by molar-refractivity contribution is 5.96. The van der Waals surface area contributed by atoms with Gasteiger partial charge in [0.1, 0.15) is 0 Å². The van der Waals surface area contributed by atoms with E-state index < -0.39 is 0 Å². The first-order valence-corrected chi connectivity index (χ1v) is 9.38. The predicted octanol–water partition coefficient (Wildman–Crippen LogP) is 3.62. The molecule has 5 heteroatoms. The Morgan fingerprint density at radius 2 is 2.00 bits per heavy atom. The minimum atomic E-state index is -0.382. The Labute approximate surface area is 158 Å². The summed E-state index contributed by atoms with van der Waals surface area (Å²) in [7, 11) is 0. The van der Waals surface area contributed by atoms with Crippen molar-refractivity contribution in [3.8, 4) is 0 Å². The fourth-order valence-electron chi connectivity index (χ4n) is 3.82. The molecule has 1 amide bonds. The van der Waals surface area contributed by atoms with Crippen molar-refractivity contribution in [2.24, 2.45) is 5.73 Å². The van der Waals surface area contributed by atoms with Crippen LogP contribution in [0.4, 0.5) is 5.69 Å². The van der Waals surface area contributed by atoms with Crippen LogP contribution < -0.4 is 11.1 Å². The highest BCUT2D eigenvalue weighted by Gasteiger charge is 2.30. The molecule has 0 saturated carbocycles. The fraction of sp³-hybridized carbons (Fsp3) is 0.318. The first kappa shape index (κ1) is 17.8. The van der Waals surface area contributed by atoms with Crippen molar-refractivity contribution in [2.45, 2.75) is 31.7 Å². The quantitative estimate of drug-likeness (QED) is 0.662. The lowest BCUT2D eigenvalue weighted by atomic mass is 9.83. The fourth-order valence-corrected chi connectivity index (χ4v) is 3.82. The first-order valence-electron chi connectivity index (χ1n) is 9.38. The molecule has 4 rings (SSSR count). The van der Waals surface area contributed by atoms with Gasteiger partial charge in [-0.2, -0.15) is 0 Å². The molecule has 1 aromatic heterocycles. The Hall–Kier alpha value is -2.63. The second kappa shape index (κ2) is 7.18. The number of ether oxygens (including phenoxy) is 1. The van der Waals surface area contributed by atoms with Gasteiger partial charge in [0.05, 0.1) is 6.42 Å². The Kier molecular flexibility index (Phi) is 4.72. The molecule has 1 saturated heterocycles. The van der Waals surface area contributed by atoms with E-state index in [0.717, 1.165) is 40.6 Å². The van der Waals surface area contributed by atoms with Crippen LogP contribution in [0.3, 0.4) is 0 Å². The number of H-pyrrole nitrogens is 1. The third-order valence-corrected chi connectivity index (χ3v) is 5.47. The molecule has 140 valence electrons. The number of carbonyl (C=O) groups is 1. The van der Waals surface area contributed by atoms with Crippen molar-refractivity contribution in [1.29, 1.82) is 0 Å². The van der Waals surface area contributed by atoms with E-state index in [0.29, 0.717) is 19.6 Å². The number of hydrogen-bond donors (Lipinski definition) is 3. The summed E-state index contributed by atoms with van der Waals surface area (Å²) in [4.78, 5) is 15.9. The molecule has 0 bridgehead atoms. The van der Waals surface area contributed by atoms with Gasteiger partial charge < -0.3 is 20.8 Å². The van der Waals surface area contributed by atoms with Crippen LogP contribution in [0.5, 0.6) is 0 Å². The summed E-state index contributed by atoms with van der Waals surface area (Å²) in [6.07, 6.45) is 3.83. The maximum absolute atomic E-state index is 12.6. The zero-order valence-electron chi connectivity index (χ0n) is 15.5. The number of benzene rings is 2. The maximum atomic E-state index is 12.6. The van der Waals surface area contributed by atoms with E-state index in [1.807, 2.05) is 42.6 Å². The summed E-state index contributed by atoms with van der Waals surface area (Å²) in [5.74, 6) is -0.0346. The second-order valence-corrected chi connectivity index (χ2v) is 7.39. The van der Waals surface area contributed by atoms with E-state index in [1.54, 1.807) is 0 Å². The van der Waals surface area contributed by atoms with Crippen molar-refractivity contribution in [1.82, 2.24) is 4.98 Å². The number of carbonyl (C=O) groups excluding carboxylic acids is 1. The van der Waals surface area contributed by atoms with Gasteiger partial charge in [0.2, 0.25) is 5.91 Å². The van der Waals surface area contributed by atoms with Crippen LogP contribution in [0.25, 0.3) is 10.9 Å². The molecule has 1 fully saturated rings. The second-order valence-electron chi connectivity index (χ2n) is 7.39. The third-order valence-electron chi connectivity index (χ3n) is 5.47. The first-order chi connectivity index (χ1) is 13.0. The van der Waals surface area contributed by atoms with Gasteiger partial charge in [0.25, 0.3) is 0 Å². The molecule has 1 aliphatic rings. The number of rotatable bonds is 4. The van der Waals surface area contributed by atoms with Gasteiger partial charge in [-0.1, -0.05) is 30.3 Å². The van der Waals surface area contributed by atoms with E-state index in [4.69, 9.17) is 10.5 Å². The van der Waals surface area contributed by atoms with Gasteiger partial charge in [0, 0.05) is 41.5 Å². The zero-order chi connectivity index (χ0) is 18.9. The normalized spacial score (nSPS) is 16.4. The highest BCUT2D eigenvalue weighted by atomic mass is 16.5. The van der Waals surface area contributed by atoms with Crippen molar-refractivity contribution in [3.05, 3.63) is 65.4 Å². The molecule has 27 heavy (non-hydrogen) atoms. The number of hydrogen-bond acceptors (Lipinski definition) is 3. The molecule has 0 aliphatic carbocycles. The Morgan fingerprint density at radius 1 is 1.22 bits per heavy atom. The van der Waals surface area contributed by atoms with Crippen LogP contribution >= 0.6 is 0 Å². The number of aromatic nitrogens is 1. The number of anilines is 1. The molecule has 0 unspecified atom stereocenters. The lowest BCUT2D eigenvalue weighted by Crippen LogP contribution is -2.42. The molecule has 0 spiro atoms. The van der Waals surface area contributed by atoms with E-state index in [2.05, 4.69) is 23.3 Å². The number of para-hydroxylation sites is 1. The number of nitrogens with two attached hydrogens (primary N) is 1. The van der Waals surface area contributed by atoms with Crippen LogP contribution in [0.1, 0.15) is 29.5 Å². The lowest BCUT2D eigenvalue weighted by molar-refractivity contribution is -0.115. The summed E-state index contributed by atoms with van der Waals surface area (Å²) in [6.45, 7) is 3.41. The van der Waals surface area contributed by atoms with Crippen LogP contribution in [0.2, 0.25) is 0 Å². The van der Waals surface area contributed by atoms with E-state index in [-0.39, 0.29) is 11.4 Å². The molecule has 2 aromatic carbocycles. The number of amides is 1. The van der Waals surface area contributed by atoms with Crippen molar-refractivity contribution >= 4 is 22.5 Å². The summed E-state index contributed by atoms with van der Waals surface area (Å²) < 4.78 is 5.43. The standard InChI is InChI=1S/C22H25N3O2/c1-15-4-2-7-19-16(14-24-21(15)19)12-20(26)25-18-6-3-5-17(13-18)22(23)8-10-27-11-9-22/h2-7,13-14,24H,8-12,23H2,1H3,(H,25,26). The van der Waals surface area contributed by atoms with E-state index in [9.17, 15) is 4.79 Å². The van der Waals surface area contributed by atoms with Crippen molar-refractivity contribution < 1.29 is 9.53 Å². The summed E-state index contributed by atoms with van der Waals surface area (Å²) in [5.41, 5.74) is 11.3. The average Bonchev–Trinajstić information content (AvgIpc) is 3.07. The van der Waals surface area contributed by atoms with Gasteiger partial charge in [-0.05, 0) is 48.6 Å². The Bertz CT molecular complexity index is 971. The number of aryl methyl sites for hydroxylation is 1. The molecule has 5 nitrogen and oxygen atoms in total. The predicted molar refractivity (Wildman–Crippen MR) is 108 cm³/mol. The minimum Gasteiger partial charge on any atom is -0.381 e. The van der Waals surface area contributed by atoms with Gasteiger partial charge >= 0.3 is 0 Å². The van der Waals surface area contributed by atoms with E-state index >= 15 is 0 Å². The minimum absolute atomic E-state index is 0.0346. The van der Waals surface area contributed by atoms with Gasteiger partial charge in [-0.25, -0.2) is 0 Å². The van der Waals surface area contributed by atoms with Gasteiger partial charge in [-0.3, -0.25) is 4.79 Å². The molecular weight excluding hydrogens is 338 g/mol. The van der Waals surface area contributed by atoms with Crippen LogP contribution in [-0.2, 0) is 21.5 Å². The molecule has 3 aromatic rings. The lowest BCUT2D eigenvalue weighted by Gasteiger charge is -2.34. The largest absolute Gasteiger partial charge is 0.381 e. The molecule has 4 N–H and O–H groups in total.